The first-order valence-electron chi connectivity index (χ1n) is 10.1. The van der Waals surface area contributed by atoms with E-state index in [-0.39, 0.29) is 18.4 Å². The van der Waals surface area contributed by atoms with Gasteiger partial charge in [0.2, 0.25) is 11.8 Å². The van der Waals surface area contributed by atoms with Crippen LogP contribution in [0.25, 0.3) is 10.9 Å². The summed E-state index contributed by atoms with van der Waals surface area (Å²) in [7, 11) is 0. The fourth-order valence-electron chi connectivity index (χ4n) is 4.99. The van der Waals surface area contributed by atoms with Crippen LogP contribution in [0.5, 0.6) is 0 Å². The first-order valence-corrected chi connectivity index (χ1v) is 10.1. The number of carbonyl (C=O) groups excluding carboxylic acids is 2. The number of carbonyl (C=O) groups is 2. The Hall–Kier alpha value is -3.09. The summed E-state index contributed by atoms with van der Waals surface area (Å²) in [6.45, 7) is 5.58. The molecule has 0 saturated carbocycles. The average Bonchev–Trinajstić information content (AvgIpc) is 3.33. The molecule has 1 saturated heterocycles. The Kier molecular flexibility index (Phi) is 4.01. The second-order valence-electron chi connectivity index (χ2n) is 8.48. The van der Waals surface area contributed by atoms with Gasteiger partial charge in [-0.25, -0.2) is 4.98 Å². The van der Waals surface area contributed by atoms with Crippen LogP contribution in [0.3, 0.4) is 0 Å². The van der Waals surface area contributed by atoms with Crippen molar-refractivity contribution in [3.63, 3.8) is 0 Å². The molecule has 3 aromatic rings. The third-order valence-corrected chi connectivity index (χ3v) is 6.33. The maximum Gasteiger partial charge on any atom is 0.246 e. The van der Waals surface area contributed by atoms with Crippen LogP contribution < -0.4 is 0 Å². The molecule has 7 heteroatoms. The standard InChI is InChI=1S/C22H25N5O2/c1-22(2)20-16(15-6-3-4-7-17(15)24-20)12-18-21(29)26(13-19(28)27(18)22)10-5-9-25-11-8-23-14-25/h3-4,6-8,11,14,18,24H,5,9-10,12-13H2,1-2H3. The lowest BCUT2D eigenvalue weighted by molar-refractivity contribution is -0.163. The summed E-state index contributed by atoms with van der Waals surface area (Å²) in [5.41, 5.74) is 2.72. The van der Waals surface area contributed by atoms with Gasteiger partial charge in [0.25, 0.3) is 0 Å². The van der Waals surface area contributed by atoms with E-state index in [1.54, 1.807) is 22.3 Å². The summed E-state index contributed by atoms with van der Waals surface area (Å²) < 4.78 is 1.99. The molecule has 0 radical (unpaired) electrons. The fourth-order valence-corrected chi connectivity index (χ4v) is 4.99. The van der Waals surface area contributed by atoms with E-state index in [9.17, 15) is 9.59 Å². The van der Waals surface area contributed by atoms with Crippen molar-refractivity contribution in [1.82, 2.24) is 24.3 Å². The molecule has 1 aromatic carbocycles. The van der Waals surface area contributed by atoms with E-state index in [0.717, 1.165) is 35.1 Å². The van der Waals surface area contributed by atoms with Gasteiger partial charge in [-0.3, -0.25) is 9.59 Å². The molecule has 2 aliphatic heterocycles. The lowest BCUT2D eigenvalue weighted by Crippen LogP contribution is -2.67. The Morgan fingerprint density at radius 2 is 2.03 bits per heavy atom. The van der Waals surface area contributed by atoms with E-state index in [0.29, 0.717) is 13.0 Å². The van der Waals surface area contributed by atoms with Gasteiger partial charge in [-0.05, 0) is 31.9 Å². The van der Waals surface area contributed by atoms with Crippen LogP contribution in [0.15, 0.2) is 43.0 Å². The number of amides is 2. The molecule has 1 atom stereocenters. The number of aromatic amines is 1. The quantitative estimate of drug-likeness (QED) is 0.742. The first kappa shape index (κ1) is 18.0. The minimum Gasteiger partial charge on any atom is -0.356 e. The second kappa shape index (κ2) is 6.47. The van der Waals surface area contributed by atoms with Crippen molar-refractivity contribution in [2.24, 2.45) is 0 Å². The van der Waals surface area contributed by atoms with Crippen molar-refractivity contribution in [1.29, 1.82) is 0 Å². The van der Waals surface area contributed by atoms with Crippen molar-refractivity contribution < 1.29 is 9.59 Å². The number of hydrogen-bond acceptors (Lipinski definition) is 3. The van der Waals surface area contributed by atoms with Crippen molar-refractivity contribution >= 4 is 22.7 Å². The fraction of sp³-hybridized carbons (Fsp3) is 0.409. The minimum absolute atomic E-state index is 0.0199. The van der Waals surface area contributed by atoms with Crippen molar-refractivity contribution in [3.05, 3.63) is 54.2 Å². The normalized spacial score (nSPS) is 20.8. The number of piperazine rings is 1. The summed E-state index contributed by atoms with van der Waals surface area (Å²) in [5, 5.41) is 1.15. The zero-order chi connectivity index (χ0) is 20.2. The predicted octanol–water partition coefficient (Wildman–Crippen LogP) is 2.29. The molecule has 1 N–H and O–H groups in total. The molecule has 1 fully saturated rings. The lowest BCUT2D eigenvalue weighted by Gasteiger charge is -2.51. The highest BCUT2D eigenvalue weighted by atomic mass is 16.2. The van der Waals surface area contributed by atoms with Gasteiger partial charge in [0.05, 0.1) is 18.4 Å². The molecule has 0 aliphatic carbocycles. The molecule has 2 aliphatic rings. The molecule has 150 valence electrons. The van der Waals surface area contributed by atoms with Crippen LogP contribution in [0.2, 0.25) is 0 Å². The van der Waals surface area contributed by atoms with Crippen LogP contribution in [-0.2, 0) is 28.1 Å². The molecule has 7 nitrogen and oxygen atoms in total. The van der Waals surface area contributed by atoms with E-state index in [1.165, 1.54) is 0 Å². The van der Waals surface area contributed by atoms with Gasteiger partial charge in [-0.1, -0.05) is 18.2 Å². The molecular weight excluding hydrogens is 366 g/mol. The zero-order valence-electron chi connectivity index (χ0n) is 16.8. The Bertz CT molecular complexity index is 1080. The summed E-state index contributed by atoms with van der Waals surface area (Å²) in [5.74, 6) is 0.0748. The van der Waals surface area contributed by atoms with Crippen LogP contribution in [0, 0.1) is 0 Å². The summed E-state index contributed by atoms with van der Waals surface area (Å²) in [6.07, 6.45) is 6.78. The van der Waals surface area contributed by atoms with Gasteiger partial charge >= 0.3 is 0 Å². The summed E-state index contributed by atoms with van der Waals surface area (Å²) in [6, 6.07) is 7.73. The summed E-state index contributed by atoms with van der Waals surface area (Å²) >= 11 is 0. The SMILES string of the molecule is CC1(C)c2[nH]c3ccccc3c2CC2C(=O)N(CCCn3ccnc3)CC(=O)N21. The number of aryl methyl sites for hydroxylation is 1. The van der Waals surface area contributed by atoms with Crippen molar-refractivity contribution in [3.8, 4) is 0 Å². The van der Waals surface area contributed by atoms with E-state index in [1.807, 2.05) is 36.7 Å². The molecule has 1 unspecified atom stereocenters. The van der Waals surface area contributed by atoms with Crippen LogP contribution in [-0.4, -0.2) is 55.3 Å². The third-order valence-electron chi connectivity index (χ3n) is 6.33. The largest absolute Gasteiger partial charge is 0.356 e. The molecule has 29 heavy (non-hydrogen) atoms. The zero-order valence-corrected chi connectivity index (χ0v) is 16.8. The Morgan fingerprint density at radius 3 is 2.83 bits per heavy atom. The smallest absolute Gasteiger partial charge is 0.246 e. The van der Waals surface area contributed by atoms with Gasteiger partial charge in [-0.15, -0.1) is 0 Å². The number of fused-ring (bicyclic) bond motifs is 4. The first-order chi connectivity index (χ1) is 14.0. The maximum absolute atomic E-state index is 13.4. The molecule has 4 heterocycles. The van der Waals surface area contributed by atoms with Crippen LogP contribution in [0.1, 0.15) is 31.5 Å². The molecule has 0 bridgehead atoms. The van der Waals surface area contributed by atoms with E-state index in [2.05, 4.69) is 22.1 Å². The number of para-hydroxylation sites is 1. The minimum atomic E-state index is -0.549. The lowest BCUT2D eigenvalue weighted by atomic mass is 9.82. The number of rotatable bonds is 4. The van der Waals surface area contributed by atoms with Gasteiger partial charge in [0, 0.05) is 48.5 Å². The van der Waals surface area contributed by atoms with Gasteiger partial charge in [-0.2, -0.15) is 0 Å². The Morgan fingerprint density at radius 1 is 1.21 bits per heavy atom. The molecule has 0 spiro atoms. The van der Waals surface area contributed by atoms with E-state index < -0.39 is 11.6 Å². The number of imidazole rings is 1. The summed E-state index contributed by atoms with van der Waals surface area (Å²) in [4.78, 5) is 37.6. The predicted molar refractivity (Wildman–Crippen MR) is 109 cm³/mol. The third kappa shape index (κ3) is 2.75. The van der Waals surface area contributed by atoms with Gasteiger partial charge in [0.1, 0.15) is 6.04 Å². The molecular formula is C22H25N5O2. The molecule has 5 rings (SSSR count). The van der Waals surface area contributed by atoms with E-state index in [4.69, 9.17) is 0 Å². The van der Waals surface area contributed by atoms with Crippen molar-refractivity contribution in [2.75, 3.05) is 13.1 Å². The molecule has 2 amide bonds. The number of nitrogens with one attached hydrogen (secondary N) is 1. The number of H-pyrrole nitrogens is 1. The van der Waals surface area contributed by atoms with Gasteiger partial charge in [0.15, 0.2) is 0 Å². The second-order valence-corrected chi connectivity index (χ2v) is 8.48. The van der Waals surface area contributed by atoms with Crippen LogP contribution >= 0.6 is 0 Å². The van der Waals surface area contributed by atoms with E-state index >= 15 is 0 Å². The van der Waals surface area contributed by atoms with Crippen LogP contribution in [0.4, 0.5) is 0 Å². The topological polar surface area (TPSA) is 74.2 Å². The molecule has 2 aromatic heterocycles. The highest BCUT2D eigenvalue weighted by Gasteiger charge is 2.51. The number of nitrogens with zero attached hydrogens (tertiary/aromatic N) is 4. The number of aromatic nitrogens is 3. The highest BCUT2D eigenvalue weighted by Crippen LogP contribution is 2.42. The maximum atomic E-state index is 13.4. The average molecular weight is 391 g/mol. The highest BCUT2D eigenvalue weighted by molar-refractivity contribution is 5.97. The monoisotopic (exact) mass is 391 g/mol. The van der Waals surface area contributed by atoms with Crippen molar-refractivity contribution in [2.45, 2.75) is 44.8 Å². The number of hydrogen-bond donors (Lipinski definition) is 1. The Balaban J connectivity index is 1.43. The number of benzene rings is 1. The Labute approximate surface area is 169 Å². The van der Waals surface area contributed by atoms with Gasteiger partial charge < -0.3 is 19.4 Å².